The molecule has 2 rings (SSSR count). The van der Waals surface area contributed by atoms with Gasteiger partial charge in [-0.2, -0.15) is 0 Å². The zero-order chi connectivity index (χ0) is 18.1. The van der Waals surface area contributed by atoms with Gasteiger partial charge in [-0.05, 0) is 57.3 Å². The molecule has 1 fully saturated rings. The fourth-order valence-electron chi connectivity index (χ4n) is 3.25. The van der Waals surface area contributed by atoms with Gasteiger partial charge in [-0.3, -0.25) is 4.99 Å². The quantitative estimate of drug-likeness (QED) is 0.561. The highest BCUT2D eigenvalue weighted by molar-refractivity contribution is 5.79. The van der Waals surface area contributed by atoms with Gasteiger partial charge in [-0.15, -0.1) is 0 Å². The molecule has 5 heteroatoms. The Balaban J connectivity index is 1.69. The number of hydrogen-bond donors (Lipinski definition) is 2. The van der Waals surface area contributed by atoms with Crippen molar-refractivity contribution >= 4 is 5.96 Å². The number of para-hydroxylation sites is 1. The van der Waals surface area contributed by atoms with Crippen molar-refractivity contribution in [1.82, 2.24) is 15.5 Å². The van der Waals surface area contributed by atoms with E-state index in [0.717, 1.165) is 30.4 Å². The molecule has 0 saturated carbocycles. The minimum atomic E-state index is 0.0752. The van der Waals surface area contributed by atoms with E-state index in [1.165, 1.54) is 32.5 Å². The van der Waals surface area contributed by atoms with Crippen molar-refractivity contribution in [2.24, 2.45) is 10.9 Å². The number of benzene rings is 1. The van der Waals surface area contributed by atoms with E-state index in [4.69, 9.17) is 4.74 Å². The maximum atomic E-state index is 6.01. The highest BCUT2D eigenvalue weighted by Crippen LogP contribution is 2.17. The first-order valence-electron chi connectivity index (χ1n) is 9.51. The molecule has 2 unspecified atom stereocenters. The molecule has 1 heterocycles. The van der Waals surface area contributed by atoms with E-state index < -0.39 is 0 Å². The number of guanidine groups is 1. The van der Waals surface area contributed by atoms with Crippen molar-refractivity contribution in [3.05, 3.63) is 29.8 Å². The highest BCUT2D eigenvalue weighted by Gasteiger charge is 2.21. The van der Waals surface area contributed by atoms with Gasteiger partial charge in [0.15, 0.2) is 5.96 Å². The molecular weight excluding hydrogens is 312 g/mol. The molecule has 25 heavy (non-hydrogen) atoms. The number of aryl methyl sites for hydroxylation is 1. The zero-order valence-corrected chi connectivity index (χ0v) is 16.2. The lowest BCUT2D eigenvalue weighted by molar-refractivity contribution is 0.222. The standard InChI is InChI=1S/C20H34N4O/c1-5-11-24-12-10-18(15-24)14-23-20(21-4)22-13-17(3)25-19-9-7-6-8-16(19)2/h6-9,17-18H,5,10-15H2,1-4H3,(H2,21,22,23). The van der Waals surface area contributed by atoms with Gasteiger partial charge in [0.2, 0.25) is 0 Å². The molecule has 0 radical (unpaired) electrons. The van der Waals surface area contributed by atoms with Gasteiger partial charge in [-0.25, -0.2) is 0 Å². The number of ether oxygens (including phenoxy) is 1. The Morgan fingerprint density at radius 2 is 2.16 bits per heavy atom. The lowest BCUT2D eigenvalue weighted by atomic mass is 10.1. The molecule has 0 amide bonds. The molecule has 0 aromatic heterocycles. The fraction of sp³-hybridized carbons (Fsp3) is 0.650. The summed E-state index contributed by atoms with van der Waals surface area (Å²) in [5.41, 5.74) is 1.16. The maximum Gasteiger partial charge on any atom is 0.191 e. The van der Waals surface area contributed by atoms with E-state index in [-0.39, 0.29) is 6.10 Å². The normalized spacial score (nSPS) is 19.7. The minimum absolute atomic E-state index is 0.0752. The number of likely N-dealkylation sites (tertiary alicyclic amines) is 1. The van der Waals surface area contributed by atoms with Crippen LogP contribution >= 0.6 is 0 Å². The van der Waals surface area contributed by atoms with Gasteiger partial charge in [0.05, 0.1) is 6.54 Å². The Bertz CT molecular complexity index is 546. The monoisotopic (exact) mass is 346 g/mol. The van der Waals surface area contributed by atoms with Crippen LogP contribution in [0.15, 0.2) is 29.3 Å². The second-order valence-electron chi connectivity index (χ2n) is 6.98. The summed E-state index contributed by atoms with van der Waals surface area (Å²) in [5.74, 6) is 2.52. The molecule has 140 valence electrons. The lowest BCUT2D eigenvalue weighted by Gasteiger charge is -2.20. The highest BCUT2D eigenvalue weighted by atomic mass is 16.5. The van der Waals surface area contributed by atoms with Gasteiger partial charge in [0.1, 0.15) is 11.9 Å². The first-order chi connectivity index (χ1) is 12.1. The third-order valence-corrected chi connectivity index (χ3v) is 4.67. The lowest BCUT2D eigenvalue weighted by Crippen LogP contribution is -2.43. The van der Waals surface area contributed by atoms with Crippen LogP contribution in [0, 0.1) is 12.8 Å². The Morgan fingerprint density at radius 1 is 1.36 bits per heavy atom. The molecule has 1 saturated heterocycles. The number of aliphatic imine (C=N–C) groups is 1. The summed E-state index contributed by atoms with van der Waals surface area (Å²) < 4.78 is 6.01. The van der Waals surface area contributed by atoms with Crippen LogP contribution in [-0.2, 0) is 0 Å². The average Bonchev–Trinajstić information content (AvgIpc) is 3.05. The SMILES string of the molecule is CCCN1CCC(CNC(=NC)NCC(C)Oc2ccccc2C)C1. The summed E-state index contributed by atoms with van der Waals surface area (Å²) in [7, 11) is 1.82. The zero-order valence-electron chi connectivity index (χ0n) is 16.2. The minimum Gasteiger partial charge on any atom is -0.489 e. The molecular formula is C20H34N4O. The van der Waals surface area contributed by atoms with Crippen molar-refractivity contribution < 1.29 is 4.74 Å². The average molecular weight is 347 g/mol. The second-order valence-corrected chi connectivity index (χ2v) is 6.98. The first kappa shape index (κ1) is 19.6. The summed E-state index contributed by atoms with van der Waals surface area (Å²) >= 11 is 0. The fourth-order valence-corrected chi connectivity index (χ4v) is 3.25. The predicted octanol–water partition coefficient (Wildman–Crippen LogP) is 2.66. The van der Waals surface area contributed by atoms with E-state index in [1.54, 1.807) is 0 Å². The predicted molar refractivity (Wildman–Crippen MR) is 105 cm³/mol. The summed E-state index contributed by atoms with van der Waals surface area (Å²) in [6, 6.07) is 8.12. The molecule has 2 atom stereocenters. The number of hydrogen-bond acceptors (Lipinski definition) is 3. The van der Waals surface area contributed by atoms with E-state index in [1.807, 2.05) is 25.2 Å². The molecule has 1 aliphatic heterocycles. The molecule has 1 aromatic rings. The molecule has 0 aliphatic carbocycles. The summed E-state index contributed by atoms with van der Waals surface area (Å²) in [5, 5.41) is 6.83. The van der Waals surface area contributed by atoms with Crippen LogP contribution in [0.1, 0.15) is 32.3 Å². The van der Waals surface area contributed by atoms with Crippen molar-refractivity contribution in [2.45, 2.75) is 39.7 Å². The molecule has 0 spiro atoms. The van der Waals surface area contributed by atoms with Gasteiger partial charge in [0.25, 0.3) is 0 Å². The van der Waals surface area contributed by atoms with Crippen LogP contribution in [0.5, 0.6) is 5.75 Å². The number of nitrogens with zero attached hydrogens (tertiary/aromatic N) is 2. The van der Waals surface area contributed by atoms with Crippen LogP contribution < -0.4 is 15.4 Å². The summed E-state index contributed by atoms with van der Waals surface area (Å²) in [6.45, 7) is 11.7. The van der Waals surface area contributed by atoms with Crippen molar-refractivity contribution in [3.63, 3.8) is 0 Å². The Labute approximate surface area is 152 Å². The number of rotatable bonds is 8. The Morgan fingerprint density at radius 3 is 2.88 bits per heavy atom. The smallest absolute Gasteiger partial charge is 0.191 e. The third-order valence-electron chi connectivity index (χ3n) is 4.67. The second kappa shape index (κ2) is 10.3. The van der Waals surface area contributed by atoms with Gasteiger partial charge in [0, 0.05) is 20.1 Å². The Kier molecular flexibility index (Phi) is 8.06. The first-order valence-corrected chi connectivity index (χ1v) is 9.51. The van der Waals surface area contributed by atoms with Gasteiger partial charge >= 0.3 is 0 Å². The number of nitrogens with one attached hydrogen (secondary N) is 2. The molecule has 5 nitrogen and oxygen atoms in total. The largest absolute Gasteiger partial charge is 0.489 e. The van der Waals surface area contributed by atoms with Crippen LogP contribution in [0.25, 0.3) is 0 Å². The van der Waals surface area contributed by atoms with Crippen molar-refractivity contribution in [3.8, 4) is 5.75 Å². The molecule has 0 bridgehead atoms. The molecule has 1 aliphatic rings. The van der Waals surface area contributed by atoms with E-state index in [2.05, 4.69) is 47.4 Å². The van der Waals surface area contributed by atoms with Crippen LogP contribution in [0.4, 0.5) is 0 Å². The molecule has 2 N–H and O–H groups in total. The van der Waals surface area contributed by atoms with Crippen molar-refractivity contribution in [2.75, 3.05) is 39.8 Å². The third kappa shape index (κ3) is 6.58. The van der Waals surface area contributed by atoms with Crippen molar-refractivity contribution in [1.29, 1.82) is 0 Å². The topological polar surface area (TPSA) is 48.9 Å². The van der Waals surface area contributed by atoms with E-state index in [0.29, 0.717) is 5.92 Å². The molecule has 1 aromatic carbocycles. The van der Waals surface area contributed by atoms with Gasteiger partial charge < -0.3 is 20.3 Å². The summed E-state index contributed by atoms with van der Waals surface area (Å²) in [6.07, 6.45) is 2.59. The Hall–Kier alpha value is -1.75. The van der Waals surface area contributed by atoms with Crippen LogP contribution in [-0.4, -0.2) is 56.7 Å². The van der Waals surface area contributed by atoms with Crippen LogP contribution in [0.2, 0.25) is 0 Å². The van der Waals surface area contributed by atoms with Crippen LogP contribution in [0.3, 0.4) is 0 Å². The maximum absolute atomic E-state index is 6.01. The summed E-state index contributed by atoms with van der Waals surface area (Å²) in [4.78, 5) is 6.88. The van der Waals surface area contributed by atoms with E-state index in [9.17, 15) is 0 Å². The van der Waals surface area contributed by atoms with Gasteiger partial charge in [-0.1, -0.05) is 25.1 Å². The van der Waals surface area contributed by atoms with E-state index >= 15 is 0 Å².